The quantitative estimate of drug-likeness (QED) is 0.457. The molecule has 3 heterocycles. The maximum absolute atomic E-state index is 12.8. The third-order valence-corrected chi connectivity index (χ3v) is 5.95. The molecule has 1 aliphatic rings. The summed E-state index contributed by atoms with van der Waals surface area (Å²) in [6.07, 6.45) is 3.14. The molecule has 0 unspecified atom stereocenters. The molecule has 1 N–H and O–H groups in total. The summed E-state index contributed by atoms with van der Waals surface area (Å²) < 4.78 is 12.0. The van der Waals surface area contributed by atoms with E-state index in [0.717, 1.165) is 11.1 Å². The highest BCUT2D eigenvalue weighted by atomic mass is 35.5. The van der Waals surface area contributed by atoms with Crippen LogP contribution < -0.4 is 10.2 Å². The Labute approximate surface area is 187 Å². The van der Waals surface area contributed by atoms with Crippen LogP contribution in [-0.2, 0) is 13.1 Å². The Kier molecular flexibility index (Phi) is 5.06. The van der Waals surface area contributed by atoms with Crippen molar-refractivity contribution >= 4 is 34.2 Å². The molecular formula is C23H16Cl2N2O4. The van der Waals surface area contributed by atoms with E-state index in [1.165, 1.54) is 0 Å². The number of aromatic nitrogens is 1. The van der Waals surface area contributed by atoms with Gasteiger partial charge in [-0.1, -0.05) is 29.3 Å². The number of pyridine rings is 1. The summed E-state index contributed by atoms with van der Waals surface area (Å²) in [5.41, 5.74) is 2.20. The van der Waals surface area contributed by atoms with Crippen molar-refractivity contribution in [1.29, 1.82) is 0 Å². The molecule has 0 aliphatic carbocycles. The minimum absolute atomic E-state index is 0.106. The highest BCUT2D eigenvalue weighted by Crippen LogP contribution is 2.36. The Morgan fingerprint density at radius 3 is 2.65 bits per heavy atom. The number of rotatable bonds is 3. The van der Waals surface area contributed by atoms with Crippen LogP contribution in [0.25, 0.3) is 22.3 Å². The van der Waals surface area contributed by atoms with Gasteiger partial charge in [-0.15, -0.1) is 0 Å². The zero-order valence-corrected chi connectivity index (χ0v) is 17.7. The lowest BCUT2D eigenvalue weighted by molar-refractivity contribution is 0.0890. The smallest absolute Gasteiger partial charge is 0.235 e. The monoisotopic (exact) mass is 454 g/mol. The van der Waals surface area contributed by atoms with Gasteiger partial charge in [-0.25, -0.2) is 0 Å². The molecule has 0 amide bonds. The van der Waals surface area contributed by atoms with Crippen LogP contribution in [0.3, 0.4) is 0 Å². The fourth-order valence-corrected chi connectivity index (χ4v) is 4.02. The molecule has 0 saturated heterocycles. The van der Waals surface area contributed by atoms with Gasteiger partial charge >= 0.3 is 0 Å². The van der Waals surface area contributed by atoms with Gasteiger partial charge in [-0.3, -0.25) is 14.7 Å². The second-order valence-corrected chi connectivity index (χ2v) is 8.09. The molecule has 2 aromatic carbocycles. The van der Waals surface area contributed by atoms with Crippen LogP contribution in [0.1, 0.15) is 11.1 Å². The predicted octanol–water partition coefficient (Wildman–Crippen LogP) is 5.22. The highest BCUT2D eigenvalue weighted by Gasteiger charge is 2.24. The van der Waals surface area contributed by atoms with E-state index in [2.05, 4.69) is 9.88 Å². The van der Waals surface area contributed by atoms with Crippen LogP contribution in [0.5, 0.6) is 11.5 Å². The molecule has 6 nitrogen and oxygen atoms in total. The highest BCUT2D eigenvalue weighted by molar-refractivity contribution is 6.42. The molecule has 8 heteroatoms. The minimum Gasteiger partial charge on any atom is -0.502 e. The number of nitrogens with zero attached hydrogens (tertiary/aromatic N) is 2. The van der Waals surface area contributed by atoms with Gasteiger partial charge < -0.3 is 14.3 Å². The van der Waals surface area contributed by atoms with Crippen LogP contribution in [-0.4, -0.2) is 21.7 Å². The van der Waals surface area contributed by atoms with Gasteiger partial charge in [-0.2, -0.15) is 0 Å². The van der Waals surface area contributed by atoms with Gasteiger partial charge in [0.05, 0.1) is 21.0 Å². The molecule has 0 saturated carbocycles. The molecular weight excluding hydrogens is 439 g/mol. The lowest BCUT2D eigenvalue weighted by Crippen LogP contribution is -2.31. The molecule has 0 bridgehead atoms. The Hall–Kier alpha value is -3.06. The predicted molar refractivity (Wildman–Crippen MR) is 119 cm³/mol. The van der Waals surface area contributed by atoms with E-state index in [0.29, 0.717) is 52.1 Å². The van der Waals surface area contributed by atoms with E-state index in [-0.39, 0.29) is 5.76 Å². The Bertz CT molecular complexity index is 1360. The summed E-state index contributed by atoms with van der Waals surface area (Å²) in [4.78, 5) is 18.9. The fourth-order valence-electron chi connectivity index (χ4n) is 3.70. The fraction of sp³-hybridized carbons (Fsp3) is 0.130. The van der Waals surface area contributed by atoms with Gasteiger partial charge in [0.15, 0.2) is 5.76 Å². The van der Waals surface area contributed by atoms with Crippen LogP contribution in [0, 0.1) is 0 Å². The normalized spacial score (nSPS) is 13.7. The van der Waals surface area contributed by atoms with Gasteiger partial charge in [0, 0.05) is 31.0 Å². The van der Waals surface area contributed by atoms with Crippen molar-refractivity contribution in [2.75, 3.05) is 6.73 Å². The maximum atomic E-state index is 12.8. The third-order valence-electron chi connectivity index (χ3n) is 5.21. The number of halogens is 2. The topological polar surface area (TPSA) is 75.8 Å². The van der Waals surface area contributed by atoms with Crippen LogP contribution in [0.15, 0.2) is 64.1 Å². The minimum atomic E-state index is -0.488. The summed E-state index contributed by atoms with van der Waals surface area (Å²) in [5.74, 6) is 0.324. The van der Waals surface area contributed by atoms with Crippen molar-refractivity contribution < 1.29 is 14.3 Å². The molecule has 2 aromatic heterocycles. The van der Waals surface area contributed by atoms with Crippen molar-refractivity contribution in [3.8, 4) is 22.8 Å². The summed E-state index contributed by atoms with van der Waals surface area (Å²) >= 11 is 12.2. The molecule has 1 aliphatic heterocycles. The first-order valence-electron chi connectivity index (χ1n) is 9.52. The van der Waals surface area contributed by atoms with E-state index in [9.17, 15) is 9.90 Å². The molecule has 0 radical (unpaired) electrons. The SMILES string of the molecule is O=c1c(O)c(-c2ccncc2)oc2c3c(ccc12)OCN(Cc1ccc(Cl)c(Cl)c1)C3. The summed E-state index contributed by atoms with van der Waals surface area (Å²) in [6.45, 7) is 1.45. The lowest BCUT2D eigenvalue weighted by Gasteiger charge is -2.29. The van der Waals surface area contributed by atoms with Gasteiger partial charge in [0.25, 0.3) is 0 Å². The molecule has 5 rings (SSSR count). The standard InChI is InChI=1S/C23H16Cl2N2O4/c24-17-3-1-13(9-18(17)25)10-27-11-16-19(30-12-27)4-2-15-20(28)21(29)22(31-23(15)16)14-5-7-26-8-6-14/h1-9,29H,10-12H2. The third kappa shape index (κ3) is 3.63. The summed E-state index contributed by atoms with van der Waals surface area (Å²) in [5, 5.41) is 11.8. The van der Waals surface area contributed by atoms with Crippen molar-refractivity contribution in [3.63, 3.8) is 0 Å². The number of hydrogen-bond acceptors (Lipinski definition) is 6. The largest absolute Gasteiger partial charge is 0.502 e. The number of ether oxygens (including phenoxy) is 1. The van der Waals surface area contributed by atoms with Crippen molar-refractivity contribution in [2.24, 2.45) is 0 Å². The lowest BCUT2D eigenvalue weighted by atomic mass is 10.1. The summed E-state index contributed by atoms with van der Waals surface area (Å²) in [7, 11) is 0. The van der Waals surface area contributed by atoms with Gasteiger partial charge in [-0.05, 0) is 42.0 Å². The number of hydrogen-bond donors (Lipinski definition) is 1. The molecule has 156 valence electrons. The Morgan fingerprint density at radius 1 is 1.06 bits per heavy atom. The van der Waals surface area contributed by atoms with Gasteiger partial charge in [0.1, 0.15) is 18.1 Å². The molecule has 0 spiro atoms. The van der Waals surface area contributed by atoms with Crippen LogP contribution in [0.2, 0.25) is 10.0 Å². The first-order valence-corrected chi connectivity index (χ1v) is 10.3. The maximum Gasteiger partial charge on any atom is 0.235 e. The van der Waals surface area contributed by atoms with Crippen molar-refractivity contribution in [3.05, 3.63) is 86.3 Å². The molecule has 31 heavy (non-hydrogen) atoms. The van der Waals surface area contributed by atoms with E-state index < -0.39 is 11.2 Å². The number of benzene rings is 2. The first-order chi connectivity index (χ1) is 15.0. The van der Waals surface area contributed by atoms with Gasteiger partial charge in [0.2, 0.25) is 11.2 Å². The average molecular weight is 455 g/mol. The van der Waals surface area contributed by atoms with Crippen LogP contribution in [0.4, 0.5) is 0 Å². The van der Waals surface area contributed by atoms with E-state index in [1.54, 1.807) is 42.7 Å². The second kappa shape index (κ2) is 7.89. The molecule has 0 fully saturated rings. The first kappa shape index (κ1) is 19.9. The molecule has 0 atom stereocenters. The van der Waals surface area contributed by atoms with E-state index in [1.807, 2.05) is 12.1 Å². The zero-order valence-electron chi connectivity index (χ0n) is 16.1. The zero-order chi connectivity index (χ0) is 21.5. The second-order valence-electron chi connectivity index (χ2n) is 7.27. The Morgan fingerprint density at radius 2 is 1.87 bits per heavy atom. The van der Waals surface area contributed by atoms with E-state index in [4.69, 9.17) is 32.4 Å². The number of aromatic hydroxyl groups is 1. The Balaban J connectivity index is 1.57. The van der Waals surface area contributed by atoms with Crippen molar-refractivity contribution in [1.82, 2.24) is 9.88 Å². The average Bonchev–Trinajstić information content (AvgIpc) is 2.79. The van der Waals surface area contributed by atoms with E-state index >= 15 is 0 Å². The van der Waals surface area contributed by atoms with Crippen molar-refractivity contribution in [2.45, 2.75) is 13.1 Å². The molecule has 4 aromatic rings. The summed E-state index contributed by atoms with van der Waals surface area (Å²) in [6, 6.07) is 12.2. The van der Waals surface area contributed by atoms with Crippen LogP contribution >= 0.6 is 23.2 Å². The number of fused-ring (bicyclic) bond motifs is 3.